The second-order valence-electron chi connectivity index (χ2n) is 5.21. The van der Waals surface area contributed by atoms with Gasteiger partial charge < -0.3 is 5.32 Å². The normalized spacial score (nSPS) is 17.6. The lowest BCUT2D eigenvalue weighted by atomic mass is 10.1. The van der Waals surface area contributed by atoms with E-state index in [9.17, 15) is 18.0 Å². The van der Waals surface area contributed by atoms with Crippen LogP contribution in [0.3, 0.4) is 0 Å². The van der Waals surface area contributed by atoms with Crippen molar-refractivity contribution in [2.24, 2.45) is 0 Å². The molecule has 1 aliphatic rings. The van der Waals surface area contributed by atoms with Gasteiger partial charge in [-0.1, -0.05) is 0 Å². The highest BCUT2D eigenvalue weighted by Gasteiger charge is 2.28. The molecule has 0 fully saturated rings. The van der Waals surface area contributed by atoms with E-state index in [1.807, 2.05) is 0 Å². The molecule has 124 valence electrons. The molecule has 2 amide bonds. The number of hydrogen-bond acceptors (Lipinski definition) is 4. The van der Waals surface area contributed by atoms with Crippen molar-refractivity contribution < 1.29 is 18.0 Å². The SMILES string of the molecule is O=C(Nc1ccn(CC(F)(F)F)n1)N[C@@H]1CCc2ncnn2C1. The Labute approximate surface area is 128 Å². The van der Waals surface area contributed by atoms with Crippen LogP contribution in [0.15, 0.2) is 18.6 Å². The van der Waals surface area contributed by atoms with Crippen LogP contribution in [0.4, 0.5) is 23.8 Å². The Morgan fingerprint density at radius 3 is 3.04 bits per heavy atom. The Morgan fingerprint density at radius 1 is 1.43 bits per heavy atom. The summed E-state index contributed by atoms with van der Waals surface area (Å²) in [6, 6.07) is 0.666. The van der Waals surface area contributed by atoms with Crippen LogP contribution < -0.4 is 10.6 Å². The fraction of sp³-hybridized carbons (Fsp3) is 0.500. The lowest BCUT2D eigenvalue weighted by Crippen LogP contribution is -2.43. The number of carbonyl (C=O) groups is 1. The van der Waals surface area contributed by atoms with Crippen molar-refractivity contribution in [3.63, 3.8) is 0 Å². The third-order valence-electron chi connectivity index (χ3n) is 3.36. The number of nitrogens with zero attached hydrogens (tertiary/aromatic N) is 5. The van der Waals surface area contributed by atoms with Crippen LogP contribution in [0.25, 0.3) is 0 Å². The van der Waals surface area contributed by atoms with Crippen LogP contribution in [0.1, 0.15) is 12.2 Å². The van der Waals surface area contributed by atoms with Gasteiger partial charge in [-0.25, -0.2) is 14.5 Å². The zero-order chi connectivity index (χ0) is 16.4. The molecule has 0 radical (unpaired) electrons. The van der Waals surface area contributed by atoms with Crippen LogP contribution in [0.5, 0.6) is 0 Å². The molecule has 23 heavy (non-hydrogen) atoms. The van der Waals surface area contributed by atoms with Gasteiger partial charge in [0.15, 0.2) is 5.82 Å². The van der Waals surface area contributed by atoms with E-state index >= 15 is 0 Å². The molecule has 11 heteroatoms. The van der Waals surface area contributed by atoms with Crippen molar-refractivity contribution in [3.8, 4) is 0 Å². The number of aryl methyl sites for hydroxylation is 1. The summed E-state index contributed by atoms with van der Waals surface area (Å²) in [6.07, 6.45) is -0.320. The van der Waals surface area contributed by atoms with Gasteiger partial charge in [-0.3, -0.25) is 10.00 Å². The zero-order valence-electron chi connectivity index (χ0n) is 11.9. The van der Waals surface area contributed by atoms with E-state index in [2.05, 4.69) is 25.8 Å². The predicted octanol–water partition coefficient (Wildman–Crippen LogP) is 1.17. The van der Waals surface area contributed by atoms with Crippen LogP contribution in [0, 0.1) is 0 Å². The molecule has 1 aliphatic heterocycles. The first-order chi connectivity index (χ1) is 10.9. The Hall–Kier alpha value is -2.59. The minimum absolute atomic E-state index is 0.0593. The quantitative estimate of drug-likeness (QED) is 0.885. The van der Waals surface area contributed by atoms with Crippen LogP contribution in [-0.4, -0.2) is 42.8 Å². The minimum atomic E-state index is -4.36. The van der Waals surface area contributed by atoms with E-state index in [0.717, 1.165) is 16.7 Å². The molecule has 8 nitrogen and oxygen atoms in total. The molecule has 0 spiro atoms. The number of carbonyl (C=O) groups excluding carboxylic acids is 1. The highest BCUT2D eigenvalue weighted by Crippen LogP contribution is 2.17. The van der Waals surface area contributed by atoms with Gasteiger partial charge in [0, 0.05) is 18.7 Å². The Kier molecular flexibility index (Phi) is 3.92. The fourth-order valence-electron chi connectivity index (χ4n) is 2.39. The highest BCUT2D eigenvalue weighted by molar-refractivity contribution is 5.88. The Balaban J connectivity index is 1.52. The summed E-state index contributed by atoms with van der Waals surface area (Å²) < 4.78 is 39.2. The lowest BCUT2D eigenvalue weighted by Gasteiger charge is -2.23. The fourth-order valence-corrected chi connectivity index (χ4v) is 2.39. The number of alkyl halides is 3. The third kappa shape index (κ3) is 3.99. The highest BCUT2D eigenvalue weighted by atomic mass is 19.4. The standard InChI is InChI=1S/C12H14F3N7O/c13-12(14,15)6-21-4-3-9(20-21)19-11(23)18-8-1-2-10-16-7-17-22(10)5-8/h3-4,7-8H,1-2,5-6H2,(H2,18,19,20,23)/t8-/m1/s1. The molecule has 0 saturated heterocycles. The van der Waals surface area contributed by atoms with Gasteiger partial charge in [-0.05, 0) is 6.42 Å². The van der Waals surface area contributed by atoms with Crippen molar-refractivity contribution in [1.82, 2.24) is 29.9 Å². The van der Waals surface area contributed by atoms with Gasteiger partial charge in [-0.15, -0.1) is 0 Å². The van der Waals surface area contributed by atoms with Gasteiger partial charge in [0.1, 0.15) is 18.7 Å². The molecule has 1 atom stereocenters. The third-order valence-corrected chi connectivity index (χ3v) is 3.36. The lowest BCUT2D eigenvalue weighted by molar-refractivity contribution is -0.142. The number of aromatic nitrogens is 5. The number of anilines is 1. The predicted molar refractivity (Wildman–Crippen MR) is 72.6 cm³/mol. The molecule has 3 heterocycles. The maximum Gasteiger partial charge on any atom is 0.408 e. The van der Waals surface area contributed by atoms with Gasteiger partial charge in [0.05, 0.1) is 12.6 Å². The molecular weight excluding hydrogens is 315 g/mol. The van der Waals surface area contributed by atoms with E-state index in [-0.39, 0.29) is 11.9 Å². The number of amides is 2. The average molecular weight is 329 g/mol. The Bertz CT molecular complexity index is 693. The summed E-state index contributed by atoms with van der Waals surface area (Å²) in [5, 5.41) is 12.9. The zero-order valence-corrected chi connectivity index (χ0v) is 11.9. The largest absolute Gasteiger partial charge is 0.408 e. The van der Waals surface area contributed by atoms with E-state index in [0.29, 0.717) is 19.4 Å². The summed E-state index contributed by atoms with van der Waals surface area (Å²) in [4.78, 5) is 16.0. The van der Waals surface area contributed by atoms with E-state index in [4.69, 9.17) is 0 Å². The summed E-state index contributed by atoms with van der Waals surface area (Å²) in [7, 11) is 0. The van der Waals surface area contributed by atoms with E-state index in [1.165, 1.54) is 12.4 Å². The second-order valence-corrected chi connectivity index (χ2v) is 5.21. The van der Waals surface area contributed by atoms with Gasteiger partial charge in [0.2, 0.25) is 0 Å². The Morgan fingerprint density at radius 2 is 2.26 bits per heavy atom. The number of hydrogen-bond donors (Lipinski definition) is 2. The van der Waals surface area contributed by atoms with Crippen LogP contribution >= 0.6 is 0 Å². The summed E-state index contributed by atoms with van der Waals surface area (Å²) in [5.74, 6) is 0.929. The summed E-state index contributed by atoms with van der Waals surface area (Å²) in [6.45, 7) is -0.695. The molecule has 0 unspecified atom stereocenters. The smallest absolute Gasteiger partial charge is 0.333 e. The molecule has 0 saturated carbocycles. The van der Waals surface area contributed by atoms with Crippen molar-refractivity contribution in [1.29, 1.82) is 0 Å². The topological polar surface area (TPSA) is 89.7 Å². The van der Waals surface area contributed by atoms with E-state index in [1.54, 1.807) is 4.68 Å². The molecule has 2 aromatic rings. The summed E-state index contributed by atoms with van der Waals surface area (Å²) >= 11 is 0. The molecule has 0 aromatic carbocycles. The second kappa shape index (κ2) is 5.89. The maximum absolute atomic E-state index is 12.2. The minimum Gasteiger partial charge on any atom is -0.333 e. The van der Waals surface area contributed by atoms with Gasteiger partial charge in [0.25, 0.3) is 0 Å². The maximum atomic E-state index is 12.2. The number of fused-ring (bicyclic) bond motifs is 1. The van der Waals surface area contributed by atoms with Crippen molar-refractivity contribution in [2.45, 2.75) is 38.1 Å². The molecular formula is C12H14F3N7O. The number of rotatable bonds is 3. The van der Waals surface area contributed by atoms with Crippen molar-refractivity contribution in [3.05, 3.63) is 24.4 Å². The van der Waals surface area contributed by atoms with Crippen molar-refractivity contribution >= 4 is 11.8 Å². The molecule has 2 aromatic heterocycles. The first-order valence-electron chi connectivity index (χ1n) is 6.93. The number of halogens is 3. The summed E-state index contributed by atoms with van der Waals surface area (Å²) in [5.41, 5.74) is 0. The number of nitrogens with one attached hydrogen (secondary N) is 2. The van der Waals surface area contributed by atoms with Gasteiger partial charge in [-0.2, -0.15) is 23.4 Å². The molecule has 0 bridgehead atoms. The van der Waals surface area contributed by atoms with Crippen molar-refractivity contribution in [2.75, 3.05) is 5.32 Å². The van der Waals surface area contributed by atoms with Crippen LogP contribution in [-0.2, 0) is 19.5 Å². The van der Waals surface area contributed by atoms with Gasteiger partial charge >= 0.3 is 12.2 Å². The van der Waals surface area contributed by atoms with Crippen LogP contribution in [0.2, 0.25) is 0 Å². The average Bonchev–Trinajstić information content (AvgIpc) is 3.05. The molecule has 3 rings (SSSR count). The molecule has 0 aliphatic carbocycles. The van der Waals surface area contributed by atoms with E-state index < -0.39 is 18.8 Å². The monoisotopic (exact) mass is 329 g/mol. The first-order valence-corrected chi connectivity index (χ1v) is 6.93. The first kappa shape index (κ1) is 15.3. The molecule has 2 N–H and O–H groups in total. The number of urea groups is 1.